The normalized spacial score (nSPS) is 19.2. The standard InChI is InChI=1S/C20H30N2O3/c1-2-24-18-5-7-19(8-6-18)25-16-15-21-13-9-17(10-14-21)20(23)22-11-3-4-12-22/h5-8,17H,2-4,9-16H2,1H3. The molecule has 2 fully saturated rings. The molecule has 1 aromatic carbocycles. The Balaban J connectivity index is 1.34. The maximum absolute atomic E-state index is 12.5. The number of likely N-dealkylation sites (tertiary alicyclic amines) is 2. The predicted octanol–water partition coefficient (Wildman–Crippen LogP) is 2.80. The van der Waals surface area contributed by atoms with Gasteiger partial charge < -0.3 is 14.4 Å². The average Bonchev–Trinajstić information content (AvgIpc) is 3.18. The van der Waals surface area contributed by atoms with Gasteiger partial charge in [-0.25, -0.2) is 0 Å². The number of benzene rings is 1. The molecular weight excluding hydrogens is 316 g/mol. The van der Waals surface area contributed by atoms with Gasteiger partial charge in [0, 0.05) is 25.6 Å². The van der Waals surface area contributed by atoms with Gasteiger partial charge in [-0.15, -0.1) is 0 Å². The lowest BCUT2D eigenvalue weighted by molar-refractivity contribution is -0.136. The first kappa shape index (κ1) is 18.1. The molecule has 0 aliphatic carbocycles. The fourth-order valence-electron chi connectivity index (χ4n) is 3.69. The first-order valence-electron chi connectivity index (χ1n) is 9.63. The van der Waals surface area contributed by atoms with Crippen molar-refractivity contribution in [2.24, 2.45) is 5.92 Å². The van der Waals surface area contributed by atoms with Gasteiger partial charge in [0.2, 0.25) is 5.91 Å². The van der Waals surface area contributed by atoms with Crippen LogP contribution in [0.2, 0.25) is 0 Å². The number of carbonyl (C=O) groups is 1. The van der Waals surface area contributed by atoms with Gasteiger partial charge in [-0.3, -0.25) is 9.69 Å². The molecule has 0 bridgehead atoms. The van der Waals surface area contributed by atoms with Crippen molar-refractivity contribution >= 4 is 5.91 Å². The molecule has 3 rings (SSSR count). The minimum atomic E-state index is 0.237. The highest BCUT2D eigenvalue weighted by Gasteiger charge is 2.29. The third-order valence-corrected chi connectivity index (χ3v) is 5.17. The summed E-state index contributed by atoms with van der Waals surface area (Å²) in [6.45, 7) is 8.18. The molecule has 0 unspecified atom stereocenters. The first-order valence-corrected chi connectivity index (χ1v) is 9.63. The van der Waals surface area contributed by atoms with Crippen LogP contribution in [-0.2, 0) is 4.79 Å². The molecule has 1 aromatic rings. The van der Waals surface area contributed by atoms with E-state index in [1.165, 1.54) is 12.8 Å². The predicted molar refractivity (Wildman–Crippen MR) is 98.1 cm³/mol. The fraction of sp³-hybridized carbons (Fsp3) is 0.650. The highest BCUT2D eigenvalue weighted by atomic mass is 16.5. The molecule has 0 spiro atoms. The van der Waals surface area contributed by atoms with Gasteiger partial charge in [0.15, 0.2) is 0 Å². The highest BCUT2D eigenvalue weighted by molar-refractivity contribution is 5.79. The zero-order valence-corrected chi connectivity index (χ0v) is 15.3. The number of hydrogen-bond donors (Lipinski definition) is 0. The van der Waals surface area contributed by atoms with Crippen LogP contribution >= 0.6 is 0 Å². The van der Waals surface area contributed by atoms with Crippen LogP contribution in [0.4, 0.5) is 0 Å². The Kier molecular flexibility index (Phi) is 6.56. The summed E-state index contributed by atoms with van der Waals surface area (Å²) in [4.78, 5) is 16.9. The fourth-order valence-corrected chi connectivity index (χ4v) is 3.69. The summed E-state index contributed by atoms with van der Waals surface area (Å²) in [6, 6.07) is 7.78. The molecule has 25 heavy (non-hydrogen) atoms. The lowest BCUT2D eigenvalue weighted by Crippen LogP contribution is -2.42. The lowest BCUT2D eigenvalue weighted by atomic mass is 9.95. The Morgan fingerprint density at radius 2 is 1.60 bits per heavy atom. The van der Waals surface area contributed by atoms with E-state index >= 15 is 0 Å². The molecule has 2 saturated heterocycles. The summed E-state index contributed by atoms with van der Waals surface area (Å²) < 4.78 is 11.3. The van der Waals surface area contributed by atoms with E-state index < -0.39 is 0 Å². The summed E-state index contributed by atoms with van der Waals surface area (Å²) in [5.74, 6) is 2.38. The zero-order valence-electron chi connectivity index (χ0n) is 15.3. The SMILES string of the molecule is CCOc1ccc(OCCN2CCC(C(=O)N3CCCC3)CC2)cc1. The summed E-state index contributed by atoms with van der Waals surface area (Å²) >= 11 is 0. The number of amides is 1. The molecule has 0 aromatic heterocycles. The largest absolute Gasteiger partial charge is 0.494 e. The van der Waals surface area contributed by atoms with Crippen LogP contribution in [0.5, 0.6) is 11.5 Å². The molecule has 0 saturated carbocycles. The van der Waals surface area contributed by atoms with Gasteiger partial charge in [0.05, 0.1) is 6.61 Å². The molecule has 2 aliphatic heterocycles. The van der Waals surface area contributed by atoms with Crippen molar-refractivity contribution in [3.05, 3.63) is 24.3 Å². The molecule has 2 heterocycles. The first-order chi connectivity index (χ1) is 12.3. The molecule has 5 heteroatoms. The van der Waals surface area contributed by atoms with Crippen LogP contribution in [0, 0.1) is 5.92 Å². The van der Waals surface area contributed by atoms with Crippen molar-refractivity contribution < 1.29 is 14.3 Å². The number of hydrogen-bond acceptors (Lipinski definition) is 4. The third kappa shape index (κ3) is 5.11. The second-order valence-corrected chi connectivity index (χ2v) is 6.90. The Morgan fingerprint density at radius 1 is 1.00 bits per heavy atom. The molecule has 2 aliphatic rings. The summed E-state index contributed by atoms with van der Waals surface area (Å²) in [5, 5.41) is 0. The molecule has 0 radical (unpaired) electrons. The van der Waals surface area contributed by atoms with Gasteiger partial charge in [-0.1, -0.05) is 0 Å². The quantitative estimate of drug-likeness (QED) is 0.761. The van der Waals surface area contributed by atoms with Crippen LogP contribution in [0.25, 0.3) is 0 Å². The van der Waals surface area contributed by atoms with Crippen LogP contribution in [-0.4, -0.2) is 61.6 Å². The second kappa shape index (κ2) is 9.09. The van der Waals surface area contributed by atoms with Crippen LogP contribution < -0.4 is 9.47 Å². The van der Waals surface area contributed by atoms with E-state index in [-0.39, 0.29) is 5.92 Å². The van der Waals surface area contributed by atoms with Crippen molar-refractivity contribution in [3.63, 3.8) is 0 Å². The molecule has 5 nitrogen and oxygen atoms in total. The summed E-state index contributed by atoms with van der Waals surface area (Å²) in [6.07, 6.45) is 4.32. The highest BCUT2D eigenvalue weighted by Crippen LogP contribution is 2.22. The maximum Gasteiger partial charge on any atom is 0.225 e. The van der Waals surface area contributed by atoms with Crippen LogP contribution in [0.1, 0.15) is 32.6 Å². The van der Waals surface area contributed by atoms with E-state index in [0.717, 1.165) is 57.1 Å². The number of rotatable bonds is 7. The molecule has 0 atom stereocenters. The summed E-state index contributed by atoms with van der Waals surface area (Å²) in [5.41, 5.74) is 0. The van der Waals surface area contributed by atoms with Gasteiger partial charge >= 0.3 is 0 Å². The minimum Gasteiger partial charge on any atom is -0.494 e. The summed E-state index contributed by atoms with van der Waals surface area (Å²) in [7, 11) is 0. The van der Waals surface area contributed by atoms with E-state index in [1.54, 1.807) is 0 Å². The maximum atomic E-state index is 12.5. The molecule has 1 amide bonds. The Morgan fingerprint density at radius 3 is 2.20 bits per heavy atom. The van der Waals surface area contributed by atoms with E-state index in [9.17, 15) is 4.79 Å². The van der Waals surface area contributed by atoms with E-state index in [1.807, 2.05) is 31.2 Å². The Labute approximate surface area is 150 Å². The van der Waals surface area contributed by atoms with Crippen LogP contribution in [0.15, 0.2) is 24.3 Å². The van der Waals surface area contributed by atoms with E-state index in [2.05, 4.69) is 9.80 Å². The van der Waals surface area contributed by atoms with Gasteiger partial charge in [0.1, 0.15) is 18.1 Å². The van der Waals surface area contributed by atoms with Gasteiger partial charge in [-0.2, -0.15) is 0 Å². The molecular formula is C20H30N2O3. The smallest absolute Gasteiger partial charge is 0.225 e. The number of piperidine rings is 1. The zero-order chi connectivity index (χ0) is 17.5. The Bertz CT molecular complexity index is 532. The number of carbonyl (C=O) groups excluding carboxylic acids is 1. The molecule has 138 valence electrons. The van der Waals surface area contributed by atoms with Crippen molar-refractivity contribution in [3.8, 4) is 11.5 Å². The second-order valence-electron chi connectivity index (χ2n) is 6.90. The third-order valence-electron chi connectivity index (χ3n) is 5.17. The Hall–Kier alpha value is -1.75. The number of nitrogens with zero attached hydrogens (tertiary/aromatic N) is 2. The van der Waals surface area contributed by atoms with Gasteiger partial charge in [0.25, 0.3) is 0 Å². The monoisotopic (exact) mass is 346 g/mol. The van der Waals surface area contributed by atoms with Gasteiger partial charge in [-0.05, 0) is 70.0 Å². The lowest BCUT2D eigenvalue weighted by Gasteiger charge is -2.33. The van der Waals surface area contributed by atoms with Crippen molar-refractivity contribution in [1.29, 1.82) is 0 Å². The van der Waals surface area contributed by atoms with Crippen molar-refractivity contribution in [2.45, 2.75) is 32.6 Å². The topological polar surface area (TPSA) is 42.0 Å². The van der Waals surface area contributed by atoms with Crippen molar-refractivity contribution in [2.75, 3.05) is 45.9 Å². The minimum absolute atomic E-state index is 0.237. The number of ether oxygens (including phenoxy) is 2. The molecule has 0 N–H and O–H groups in total. The van der Waals surface area contributed by atoms with Crippen molar-refractivity contribution in [1.82, 2.24) is 9.80 Å². The van der Waals surface area contributed by atoms with Crippen LogP contribution in [0.3, 0.4) is 0 Å². The van der Waals surface area contributed by atoms with E-state index in [0.29, 0.717) is 19.1 Å². The van der Waals surface area contributed by atoms with E-state index in [4.69, 9.17) is 9.47 Å². The average molecular weight is 346 g/mol.